The van der Waals surface area contributed by atoms with Crippen molar-refractivity contribution in [1.82, 2.24) is 15.0 Å². The van der Waals surface area contributed by atoms with E-state index >= 15 is 0 Å². The minimum Gasteiger partial charge on any atom is -0.476 e. The molecule has 0 aliphatic heterocycles. The van der Waals surface area contributed by atoms with Crippen LogP contribution in [0.25, 0.3) is 11.3 Å². The van der Waals surface area contributed by atoms with Crippen molar-refractivity contribution in [2.45, 2.75) is 20.4 Å². The summed E-state index contributed by atoms with van der Waals surface area (Å²) in [5, 5.41) is 17.3. The Hall–Kier alpha value is -2.95. The number of hydrogen-bond donors (Lipinski definition) is 1. The van der Waals surface area contributed by atoms with Gasteiger partial charge in [0.15, 0.2) is 5.69 Å². The van der Waals surface area contributed by atoms with Crippen molar-refractivity contribution in [3.05, 3.63) is 70.9 Å². The maximum atomic E-state index is 11.5. The first-order chi connectivity index (χ1) is 11.0. The molecule has 116 valence electrons. The maximum absolute atomic E-state index is 11.5. The molecule has 0 atom stereocenters. The third-order valence-electron chi connectivity index (χ3n) is 3.68. The number of benzene rings is 2. The first-order valence-electron chi connectivity index (χ1n) is 7.34. The number of rotatable bonds is 4. The number of carbonyl (C=O) groups is 1. The predicted octanol–water partition coefficient (Wildman–Crippen LogP) is 3.31. The van der Waals surface area contributed by atoms with E-state index in [4.69, 9.17) is 0 Å². The number of hydrogen-bond acceptors (Lipinski definition) is 3. The van der Waals surface area contributed by atoms with Gasteiger partial charge >= 0.3 is 5.97 Å². The van der Waals surface area contributed by atoms with E-state index in [1.54, 1.807) is 4.68 Å². The normalized spacial score (nSPS) is 10.7. The zero-order chi connectivity index (χ0) is 16.4. The second kappa shape index (κ2) is 6.04. The van der Waals surface area contributed by atoms with Gasteiger partial charge in [-0.2, -0.15) is 0 Å². The van der Waals surface area contributed by atoms with Crippen LogP contribution >= 0.6 is 0 Å². The lowest BCUT2D eigenvalue weighted by molar-refractivity contribution is 0.0691. The Labute approximate surface area is 134 Å². The molecule has 1 heterocycles. The molecule has 0 unspecified atom stereocenters. The molecule has 1 aromatic heterocycles. The molecular weight excluding hydrogens is 290 g/mol. The lowest BCUT2D eigenvalue weighted by atomic mass is 10.1. The Kier molecular flexibility index (Phi) is 3.93. The Bertz CT molecular complexity index is 851. The fourth-order valence-electron chi connectivity index (χ4n) is 2.55. The van der Waals surface area contributed by atoms with Crippen LogP contribution in [-0.2, 0) is 6.54 Å². The molecule has 0 fully saturated rings. The summed E-state index contributed by atoms with van der Waals surface area (Å²) < 4.78 is 1.64. The van der Waals surface area contributed by atoms with Crippen molar-refractivity contribution in [3.63, 3.8) is 0 Å². The maximum Gasteiger partial charge on any atom is 0.358 e. The topological polar surface area (TPSA) is 68.0 Å². The summed E-state index contributed by atoms with van der Waals surface area (Å²) in [6, 6.07) is 15.7. The molecule has 3 rings (SSSR count). The number of aromatic carboxylic acids is 1. The Morgan fingerprint density at radius 1 is 1.09 bits per heavy atom. The van der Waals surface area contributed by atoms with Crippen LogP contribution in [0.4, 0.5) is 0 Å². The van der Waals surface area contributed by atoms with Gasteiger partial charge in [-0.3, -0.25) is 0 Å². The smallest absolute Gasteiger partial charge is 0.358 e. The second-order valence-corrected chi connectivity index (χ2v) is 5.60. The number of nitrogens with zero attached hydrogens (tertiary/aromatic N) is 3. The van der Waals surface area contributed by atoms with Crippen molar-refractivity contribution >= 4 is 5.97 Å². The molecule has 23 heavy (non-hydrogen) atoms. The molecule has 1 N–H and O–H groups in total. The van der Waals surface area contributed by atoms with Crippen LogP contribution in [0.1, 0.15) is 27.2 Å². The van der Waals surface area contributed by atoms with Crippen molar-refractivity contribution < 1.29 is 9.90 Å². The second-order valence-electron chi connectivity index (χ2n) is 5.60. The van der Waals surface area contributed by atoms with Gasteiger partial charge in [0.1, 0.15) is 5.69 Å². The predicted molar refractivity (Wildman–Crippen MR) is 87.4 cm³/mol. The summed E-state index contributed by atoms with van der Waals surface area (Å²) in [4.78, 5) is 11.5. The van der Waals surface area contributed by atoms with Gasteiger partial charge in [-0.05, 0) is 19.4 Å². The van der Waals surface area contributed by atoms with Gasteiger partial charge in [-0.25, -0.2) is 9.48 Å². The van der Waals surface area contributed by atoms with Gasteiger partial charge in [0.2, 0.25) is 0 Å². The van der Waals surface area contributed by atoms with E-state index < -0.39 is 5.97 Å². The molecule has 0 aliphatic rings. The van der Waals surface area contributed by atoms with Gasteiger partial charge < -0.3 is 5.11 Å². The highest BCUT2D eigenvalue weighted by Gasteiger charge is 2.20. The first-order valence-corrected chi connectivity index (χ1v) is 7.34. The Morgan fingerprint density at radius 3 is 2.48 bits per heavy atom. The highest BCUT2D eigenvalue weighted by Crippen LogP contribution is 2.24. The van der Waals surface area contributed by atoms with Crippen molar-refractivity contribution in [3.8, 4) is 11.3 Å². The molecule has 0 radical (unpaired) electrons. The summed E-state index contributed by atoms with van der Waals surface area (Å²) in [6.45, 7) is 4.49. The van der Waals surface area contributed by atoms with E-state index in [-0.39, 0.29) is 5.69 Å². The molecular formula is C18H17N3O2. The molecule has 0 aliphatic carbocycles. The monoisotopic (exact) mass is 307 g/mol. The van der Waals surface area contributed by atoms with Crippen LogP contribution in [0.15, 0.2) is 48.5 Å². The summed E-state index contributed by atoms with van der Waals surface area (Å²) in [5.74, 6) is -1.07. The molecule has 0 saturated heterocycles. The fraction of sp³-hybridized carbons (Fsp3) is 0.167. The van der Waals surface area contributed by atoms with Gasteiger partial charge in [0, 0.05) is 5.56 Å². The molecule has 5 heteroatoms. The molecule has 5 nitrogen and oxygen atoms in total. The summed E-state index contributed by atoms with van der Waals surface area (Å²) in [5.41, 5.74) is 4.62. The van der Waals surface area contributed by atoms with Crippen LogP contribution in [-0.4, -0.2) is 26.1 Å². The van der Waals surface area contributed by atoms with Gasteiger partial charge in [0.05, 0.1) is 6.54 Å². The summed E-state index contributed by atoms with van der Waals surface area (Å²) in [7, 11) is 0. The molecule has 0 saturated carbocycles. The minimum absolute atomic E-state index is 0.0264. The van der Waals surface area contributed by atoms with Crippen LogP contribution in [0.2, 0.25) is 0 Å². The molecule has 3 aromatic rings. The lowest BCUT2D eigenvalue weighted by Crippen LogP contribution is -2.06. The van der Waals surface area contributed by atoms with Crippen LogP contribution < -0.4 is 0 Å². The Morgan fingerprint density at radius 2 is 1.83 bits per heavy atom. The highest BCUT2D eigenvalue weighted by atomic mass is 16.4. The van der Waals surface area contributed by atoms with Crippen LogP contribution in [0.5, 0.6) is 0 Å². The van der Waals surface area contributed by atoms with Gasteiger partial charge in [-0.15, -0.1) is 5.10 Å². The Balaban J connectivity index is 2.07. The minimum atomic E-state index is -1.07. The van der Waals surface area contributed by atoms with Crippen molar-refractivity contribution in [2.75, 3.05) is 0 Å². The van der Waals surface area contributed by atoms with E-state index in [0.717, 1.165) is 22.3 Å². The lowest BCUT2D eigenvalue weighted by Gasteiger charge is -2.08. The highest BCUT2D eigenvalue weighted by molar-refractivity contribution is 5.92. The largest absolute Gasteiger partial charge is 0.476 e. The average Bonchev–Trinajstić information content (AvgIpc) is 2.92. The zero-order valence-corrected chi connectivity index (χ0v) is 13.0. The number of carboxylic acid groups (broad SMARTS) is 1. The standard InChI is InChI=1S/C18H17N3O2/c1-12-6-8-15(9-7-12)17-16(18(22)23)19-20-21(17)11-14-5-3-4-13(2)10-14/h3-10H,11H2,1-2H3,(H,22,23). The van der Waals surface area contributed by atoms with E-state index in [1.165, 1.54) is 0 Å². The van der Waals surface area contributed by atoms with Gasteiger partial charge in [0.25, 0.3) is 0 Å². The van der Waals surface area contributed by atoms with Crippen molar-refractivity contribution in [2.24, 2.45) is 0 Å². The van der Waals surface area contributed by atoms with Crippen LogP contribution in [0, 0.1) is 13.8 Å². The zero-order valence-electron chi connectivity index (χ0n) is 13.0. The molecule has 0 bridgehead atoms. The number of aromatic nitrogens is 3. The molecule has 0 amide bonds. The number of aryl methyl sites for hydroxylation is 2. The molecule has 2 aromatic carbocycles. The van der Waals surface area contributed by atoms with E-state index in [2.05, 4.69) is 16.4 Å². The van der Waals surface area contributed by atoms with E-state index in [1.807, 2.05) is 56.3 Å². The third-order valence-corrected chi connectivity index (χ3v) is 3.68. The average molecular weight is 307 g/mol. The van der Waals surface area contributed by atoms with E-state index in [0.29, 0.717) is 12.2 Å². The quantitative estimate of drug-likeness (QED) is 0.803. The van der Waals surface area contributed by atoms with Crippen molar-refractivity contribution in [1.29, 1.82) is 0 Å². The first kappa shape index (κ1) is 15.0. The fourth-order valence-corrected chi connectivity index (χ4v) is 2.55. The summed E-state index contributed by atoms with van der Waals surface area (Å²) >= 11 is 0. The SMILES string of the molecule is Cc1ccc(-c2c(C(=O)O)nnn2Cc2cccc(C)c2)cc1. The van der Waals surface area contributed by atoms with Gasteiger partial charge in [-0.1, -0.05) is 64.9 Å². The summed E-state index contributed by atoms with van der Waals surface area (Å²) in [6.07, 6.45) is 0. The number of carboxylic acids is 1. The van der Waals surface area contributed by atoms with E-state index in [9.17, 15) is 9.90 Å². The van der Waals surface area contributed by atoms with Crippen LogP contribution in [0.3, 0.4) is 0 Å². The molecule has 0 spiro atoms. The third kappa shape index (κ3) is 3.13.